The molecule has 0 radical (unpaired) electrons. The zero-order valence-electron chi connectivity index (χ0n) is 8.07. The van der Waals surface area contributed by atoms with Crippen LogP contribution in [0.2, 0.25) is 0 Å². The number of aryl methyl sites for hydroxylation is 1. The van der Waals surface area contributed by atoms with Gasteiger partial charge in [0.15, 0.2) is 0 Å². The van der Waals surface area contributed by atoms with Gasteiger partial charge in [0.2, 0.25) is 0 Å². The van der Waals surface area contributed by atoms with Gasteiger partial charge < -0.3 is 4.74 Å². The van der Waals surface area contributed by atoms with Crippen molar-refractivity contribution < 1.29 is 9.53 Å². The Labute approximate surface area is 82.1 Å². The number of rotatable bonds is 2. The van der Waals surface area contributed by atoms with Crippen LogP contribution in [0.1, 0.15) is 16.8 Å². The molecule has 0 bridgehead atoms. The summed E-state index contributed by atoms with van der Waals surface area (Å²) in [5.74, 6) is -0.309. The molecule has 72 valence electrons. The topological polar surface area (TPSA) is 63.0 Å². The molecule has 0 aliphatic rings. The summed E-state index contributed by atoms with van der Waals surface area (Å²) in [4.78, 5) is 14.8. The maximum Gasteiger partial charge on any atom is 0.310 e. The van der Waals surface area contributed by atoms with E-state index in [1.54, 1.807) is 13.0 Å². The first-order valence-corrected chi connectivity index (χ1v) is 4.10. The lowest BCUT2D eigenvalue weighted by Crippen LogP contribution is -2.05. The van der Waals surface area contributed by atoms with Gasteiger partial charge >= 0.3 is 5.97 Å². The molecule has 0 aliphatic heterocycles. The number of carbonyl (C=O) groups excluding carboxylic acids is 1. The highest BCUT2D eigenvalue weighted by Crippen LogP contribution is 2.07. The van der Waals surface area contributed by atoms with Crippen LogP contribution in [0, 0.1) is 18.3 Å². The summed E-state index contributed by atoms with van der Waals surface area (Å²) in [6.07, 6.45) is 1.71. The molecule has 0 fully saturated rings. The summed E-state index contributed by atoms with van der Waals surface area (Å²) in [7, 11) is 1.34. The molecule has 1 aromatic heterocycles. The van der Waals surface area contributed by atoms with E-state index in [9.17, 15) is 4.79 Å². The number of aromatic nitrogens is 1. The fourth-order valence-electron chi connectivity index (χ4n) is 1.09. The molecule has 0 unspecified atom stereocenters. The van der Waals surface area contributed by atoms with Gasteiger partial charge in [0.25, 0.3) is 0 Å². The van der Waals surface area contributed by atoms with Crippen LogP contribution in [0.15, 0.2) is 12.3 Å². The second-order valence-corrected chi connectivity index (χ2v) is 2.87. The fourth-order valence-corrected chi connectivity index (χ4v) is 1.09. The Morgan fingerprint density at radius 3 is 2.93 bits per heavy atom. The van der Waals surface area contributed by atoms with Gasteiger partial charge in [0.1, 0.15) is 11.8 Å². The lowest BCUT2D eigenvalue weighted by atomic mass is 10.1. The van der Waals surface area contributed by atoms with Gasteiger partial charge in [0, 0.05) is 6.20 Å². The molecule has 1 rings (SSSR count). The monoisotopic (exact) mass is 190 g/mol. The van der Waals surface area contributed by atoms with Crippen LogP contribution >= 0.6 is 0 Å². The van der Waals surface area contributed by atoms with Crippen molar-refractivity contribution in [3.63, 3.8) is 0 Å². The highest BCUT2D eigenvalue weighted by molar-refractivity contribution is 5.72. The second-order valence-electron chi connectivity index (χ2n) is 2.87. The van der Waals surface area contributed by atoms with Crippen LogP contribution in [-0.2, 0) is 16.0 Å². The number of pyridine rings is 1. The van der Waals surface area contributed by atoms with Gasteiger partial charge in [-0.05, 0) is 18.1 Å². The molecule has 0 spiro atoms. The molecule has 1 heterocycles. The van der Waals surface area contributed by atoms with Gasteiger partial charge in [-0.2, -0.15) is 5.26 Å². The molecule has 0 aromatic carbocycles. The molecule has 0 atom stereocenters. The zero-order valence-corrected chi connectivity index (χ0v) is 8.07. The van der Waals surface area contributed by atoms with E-state index < -0.39 is 0 Å². The summed E-state index contributed by atoms with van der Waals surface area (Å²) in [6.45, 7) is 1.78. The Kier molecular flexibility index (Phi) is 3.19. The number of hydrogen-bond donors (Lipinski definition) is 0. The first-order chi connectivity index (χ1) is 6.67. The molecule has 0 N–H and O–H groups in total. The third-order valence-electron chi connectivity index (χ3n) is 1.82. The van der Waals surface area contributed by atoms with E-state index in [1.807, 2.05) is 6.07 Å². The Morgan fingerprint density at radius 2 is 2.43 bits per heavy atom. The van der Waals surface area contributed by atoms with Crippen LogP contribution in [0.4, 0.5) is 0 Å². The van der Waals surface area contributed by atoms with E-state index >= 15 is 0 Å². The number of hydrogen-bond acceptors (Lipinski definition) is 4. The average molecular weight is 190 g/mol. The van der Waals surface area contributed by atoms with E-state index in [1.165, 1.54) is 13.3 Å². The second kappa shape index (κ2) is 4.38. The predicted octanol–water partition coefficient (Wildman–Crippen LogP) is 0.977. The van der Waals surface area contributed by atoms with Crippen LogP contribution < -0.4 is 0 Å². The zero-order chi connectivity index (χ0) is 10.6. The lowest BCUT2D eigenvalue weighted by Gasteiger charge is -2.01. The minimum Gasteiger partial charge on any atom is -0.469 e. The van der Waals surface area contributed by atoms with E-state index in [4.69, 9.17) is 5.26 Å². The molecular formula is C10H10N2O2. The Balaban J connectivity index is 2.88. The summed E-state index contributed by atoms with van der Waals surface area (Å²) < 4.78 is 4.52. The SMILES string of the molecule is COC(=O)Cc1cnc(C#N)c(C)c1. The largest absolute Gasteiger partial charge is 0.469 e. The molecular weight excluding hydrogens is 180 g/mol. The van der Waals surface area contributed by atoms with E-state index in [0.717, 1.165) is 11.1 Å². The van der Waals surface area contributed by atoms with Gasteiger partial charge in [-0.15, -0.1) is 0 Å². The highest BCUT2D eigenvalue weighted by Gasteiger charge is 2.05. The van der Waals surface area contributed by atoms with Crippen LogP contribution in [0.25, 0.3) is 0 Å². The van der Waals surface area contributed by atoms with Crippen molar-refractivity contribution in [1.82, 2.24) is 4.98 Å². The van der Waals surface area contributed by atoms with E-state index in [0.29, 0.717) is 5.69 Å². The smallest absolute Gasteiger partial charge is 0.310 e. The number of nitriles is 1. The van der Waals surface area contributed by atoms with Crippen molar-refractivity contribution in [2.24, 2.45) is 0 Å². The van der Waals surface area contributed by atoms with Gasteiger partial charge in [-0.25, -0.2) is 4.98 Å². The van der Waals surface area contributed by atoms with Crippen molar-refractivity contribution in [3.05, 3.63) is 29.1 Å². The maximum atomic E-state index is 10.9. The van der Waals surface area contributed by atoms with Gasteiger partial charge in [-0.1, -0.05) is 6.07 Å². The molecule has 0 saturated carbocycles. The third kappa shape index (κ3) is 2.30. The number of ether oxygens (including phenoxy) is 1. The number of nitrogens with zero attached hydrogens (tertiary/aromatic N) is 2. The minimum atomic E-state index is -0.309. The predicted molar refractivity (Wildman–Crippen MR) is 49.4 cm³/mol. The summed E-state index contributed by atoms with van der Waals surface area (Å²) in [5, 5.41) is 8.63. The quantitative estimate of drug-likeness (QED) is 0.652. The molecule has 0 aliphatic carbocycles. The van der Waals surface area contributed by atoms with Gasteiger partial charge in [-0.3, -0.25) is 4.79 Å². The van der Waals surface area contributed by atoms with Crippen LogP contribution in [0.3, 0.4) is 0 Å². The van der Waals surface area contributed by atoms with Crippen molar-refractivity contribution in [2.75, 3.05) is 7.11 Å². The normalized spacial score (nSPS) is 9.21. The van der Waals surface area contributed by atoms with Crippen molar-refractivity contribution in [2.45, 2.75) is 13.3 Å². The van der Waals surface area contributed by atoms with Gasteiger partial charge in [0.05, 0.1) is 13.5 Å². The molecule has 4 heteroatoms. The van der Waals surface area contributed by atoms with E-state index in [2.05, 4.69) is 9.72 Å². The summed E-state index contributed by atoms with van der Waals surface area (Å²) >= 11 is 0. The minimum absolute atomic E-state index is 0.191. The van der Waals surface area contributed by atoms with E-state index in [-0.39, 0.29) is 12.4 Å². The van der Waals surface area contributed by atoms with Crippen molar-refractivity contribution in [3.8, 4) is 6.07 Å². The molecule has 1 aromatic rings. The summed E-state index contributed by atoms with van der Waals surface area (Å²) in [6, 6.07) is 3.73. The number of esters is 1. The Hall–Kier alpha value is -1.89. The average Bonchev–Trinajstić information content (AvgIpc) is 2.18. The first-order valence-electron chi connectivity index (χ1n) is 4.10. The van der Waals surface area contributed by atoms with Crippen molar-refractivity contribution >= 4 is 5.97 Å². The molecule has 14 heavy (non-hydrogen) atoms. The van der Waals surface area contributed by atoms with Crippen LogP contribution in [-0.4, -0.2) is 18.1 Å². The molecule has 0 amide bonds. The standard InChI is InChI=1S/C10H10N2O2/c1-7-3-8(4-10(13)14-2)6-12-9(7)5-11/h3,6H,4H2,1-2H3. The number of carbonyl (C=O) groups is 1. The lowest BCUT2D eigenvalue weighted by molar-refractivity contribution is -0.139. The molecule has 4 nitrogen and oxygen atoms in total. The first kappa shape index (κ1) is 10.2. The van der Waals surface area contributed by atoms with Crippen molar-refractivity contribution in [1.29, 1.82) is 5.26 Å². The number of methoxy groups -OCH3 is 1. The maximum absolute atomic E-state index is 10.9. The Morgan fingerprint density at radius 1 is 1.71 bits per heavy atom. The molecule has 0 saturated heterocycles. The van der Waals surface area contributed by atoms with Crippen LogP contribution in [0.5, 0.6) is 0 Å². The Bertz CT molecular complexity index is 394. The highest BCUT2D eigenvalue weighted by atomic mass is 16.5. The third-order valence-corrected chi connectivity index (χ3v) is 1.82. The summed E-state index contributed by atoms with van der Waals surface area (Å²) in [5.41, 5.74) is 1.92. The fraction of sp³-hybridized carbons (Fsp3) is 0.300.